The summed E-state index contributed by atoms with van der Waals surface area (Å²) in [6, 6.07) is 5.76. The number of nitrogens with zero attached hydrogens (tertiary/aromatic N) is 1. The van der Waals surface area contributed by atoms with Crippen molar-refractivity contribution in [1.82, 2.24) is 0 Å². The van der Waals surface area contributed by atoms with Gasteiger partial charge in [-0.15, -0.1) is 0 Å². The summed E-state index contributed by atoms with van der Waals surface area (Å²) in [5.41, 5.74) is 1.42. The molecule has 0 N–H and O–H groups in total. The van der Waals surface area contributed by atoms with Crippen LogP contribution in [0.2, 0.25) is 0 Å². The fourth-order valence-corrected chi connectivity index (χ4v) is 1.71. The molecular formula is C9H6BrNO2. The second-order valence-electron chi connectivity index (χ2n) is 2.62. The van der Waals surface area contributed by atoms with Gasteiger partial charge in [0.25, 0.3) is 0 Å². The lowest BCUT2D eigenvalue weighted by atomic mass is 10.1. The van der Waals surface area contributed by atoms with Crippen molar-refractivity contribution in [1.29, 1.82) is 5.26 Å². The number of fused-ring (bicyclic) bond motifs is 1. The van der Waals surface area contributed by atoms with Crippen LogP contribution in [0.3, 0.4) is 0 Å². The molecule has 0 aliphatic carbocycles. The molecule has 66 valence electrons. The Balaban J connectivity index is 2.60. The van der Waals surface area contributed by atoms with Gasteiger partial charge in [0.1, 0.15) is 11.8 Å². The van der Waals surface area contributed by atoms with Crippen molar-refractivity contribution in [2.75, 3.05) is 6.79 Å². The van der Waals surface area contributed by atoms with Crippen molar-refractivity contribution < 1.29 is 9.47 Å². The number of halogens is 1. The summed E-state index contributed by atoms with van der Waals surface area (Å²) >= 11 is 3.30. The molecule has 2 rings (SSSR count). The fourth-order valence-electron chi connectivity index (χ4n) is 1.25. The summed E-state index contributed by atoms with van der Waals surface area (Å²) in [7, 11) is 0. The first-order valence-corrected chi connectivity index (χ1v) is 4.54. The van der Waals surface area contributed by atoms with Crippen molar-refractivity contribution in [3.8, 4) is 11.8 Å². The summed E-state index contributed by atoms with van der Waals surface area (Å²) in [4.78, 5) is 0. The van der Waals surface area contributed by atoms with E-state index in [-0.39, 0.29) is 6.79 Å². The number of ether oxygens (including phenoxy) is 2. The Morgan fingerprint density at radius 1 is 1.46 bits per heavy atom. The Hall–Kier alpha value is -1.05. The smallest absolute Gasteiger partial charge is 0.189 e. The van der Waals surface area contributed by atoms with Crippen molar-refractivity contribution in [3.05, 3.63) is 27.7 Å². The van der Waals surface area contributed by atoms with Gasteiger partial charge in [-0.2, -0.15) is 5.26 Å². The maximum Gasteiger partial charge on any atom is 0.189 e. The molecule has 0 radical (unpaired) electrons. The Labute approximate surface area is 84.0 Å². The Morgan fingerprint density at radius 3 is 3.08 bits per heavy atom. The first-order chi connectivity index (χ1) is 6.33. The first-order valence-electron chi connectivity index (χ1n) is 3.75. The average molecular weight is 240 g/mol. The van der Waals surface area contributed by atoms with Crippen LogP contribution in [0.1, 0.15) is 11.1 Å². The second kappa shape index (κ2) is 3.36. The van der Waals surface area contributed by atoms with Gasteiger partial charge < -0.3 is 9.47 Å². The number of nitriles is 1. The lowest BCUT2D eigenvalue weighted by Crippen LogP contribution is -2.12. The summed E-state index contributed by atoms with van der Waals surface area (Å²) in [6.07, 6.45) is 0. The third kappa shape index (κ3) is 1.41. The van der Waals surface area contributed by atoms with E-state index in [1.165, 1.54) is 0 Å². The zero-order valence-corrected chi connectivity index (χ0v) is 8.30. The van der Waals surface area contributed by atoms with E-state index in [1.54, 1.807) is 0 Å². The lowest BCUT2D eigenvalue weighted by Gasteiger charge is -2.18. The second-order valence-corrected chi connectivity index (χ2v) is 3.48. The Morgan fingerprint density at radius 2 is 2.31 bits per heavy atom. The van der Waals surface area contributed by atoms with E-state index in [2.05, 4.69) is 22.0 Å². The molecule has 0 fully saturated rings. The van der Waals surface area contributed by atoms with Gasteiger partial charge in [0.2, 0.25) is 0 Å². The topological polar surface area (TPSA) is 42.2 Å². The maximum atomic E-state index is 8.88. The zero-order chi connectivity index (χ0) is 9.26. The number of hydrogen-bond donors (Lipinski definition) is 0. The molecule has 0 saturated heterocycles. The third-order valence-electron chi connectivity index (χ3n) is 1.88. The van der Waals surface area contributed by atoms with Gasteiger partial charge in [-0.1, -0.05) is 0 Å². The van der Waals surface area contributed by atoms with E-state index in [1.807, 2.05) is 12.1 Å². The molecule has 0 atom stereocenters. The molecular weight excluding hydrogens is 234 g/mol. The summed E-state index contributed by atoms with van der Waals surface area (Å²) in [6.45, 7) is 0.706. The molecule has 1 aromatic rings. The van der Waals surface area contributed by atoms with Crippen LogP contribution in [-0.4, -0.2) is 6.79 Å². The highest BCUT2D eigenvalue weighted by Gasteiger charge is 2.16. The Kier molecular flexibility index (Phi) is 2.21. The summed E-state index contributed by atoms with van der Waals surface area (Å²) in [5, 5.41) is 8.88. The van der Waals surface area contributed by atoms with Crippen LogP contribution in [0.5, 0.6) is 5.75 Å². The number of rotatable bonds is 0. The molecule has 1 aliphatic heterocycles. The molecule has 3 nitrogen and oxygen atoms in total. The van der Waals surface area contributed by atoms with Crippen LogP contribution in [0.25, 0.3) is 0 Å². The average Bonchev–Trinajstić information content (AvgIpc) is 2.18. The monoisotopic (exact) mass is 239 g/mol. The number of hydrogen-bond acceptors (Lipinski definition) is 3. The van der Waals surface area contributed by atoms with Crippen LogP contribution < -0.4 is 4.74 Å². The standard InChI is InChI=1S/C9H6BrNO2/c10-8-1-2-9-7(6(8)3-11)4-12-5-13-9/h1-2H,4-5H2. The van der Waals surface area contributed by atoms with Gasteiger partial charge in [0, 0.05) is 10.0 Å². The fraction of sp³-hybridized carbons (Fsp3) is 0.222. The normalized spacial score (nSPS) is 14.2. The van der Waals surface area contributed by atoms with Gasteiger partial charge in [-0.05, 0) is 28.1 Å². The third-order valence-corrected chi connectivity index (χ3v) is 2.54. The van der Waals surface area contributed by atoms with E-state index in [0.717, 1.165) is 15.8 Å². The van der Waals surface area contributed by atoms with Crippen LogP contribution in [-0.2, 0) is 11.3 Å². The van der Waals surface area contributed by atoms with Gasteiger partial charge in [-0.3, -0.25) is 0 Å². The quantitative estimate of drug-likeness (QED) is 0.697. The lowest BCUT2D eigenvalue weighted by molar-refractivity contribution is -0.0165. The molecule has 1 heterocycles. The SMILES string of the molecule is N#Cc1c(Br)ccc2c1COCO2. The zero-order valence-electron chi connectivity index (χ0n) is 6.71. The van der Waals surface area contributed by atoms with E-state index < -0.39 is 0 Å². The summed E-state index contributed by atoms with van der Waals surface area (Å²) in [5.74, 6) is 0.742. The molecule has 4 heteroatoms. The highest BCUT2D eigenvalue weighted by molar-refractivity contribution is 9.10. The minimum atomic E-state index is 0.263. The minimum absolute atomic E-state index is 0.263. The van der Waals surface area contributed by atoms with E-state index in [4.69, 9.17) is 14.7 Å². The highest BCUT2D eigenvalue weighted by Crippen LogP contribution is 2.31. The van der Waals surface area contributed by atoms with Gasteiger partial charge in [0.05, 0.1) is 12.2 Å². The molecule has 13 heavy (non-hydrogen) atoms. The predicted octanol–water partition coefficient (Wildman–Crippen LogP) is 2.19. The Bertz CT molecular complexity index is 384. The minimum Gasteiger partial charge on any atom is -0.467 e. The highest BCUT2D eigenvalue weighted by atomic mass is 79.9. The molecule has 0 amide bonds. The van der Waals surface area contributed by atoms with Crippen molar-refractivity contribution in [2.45, 2.75) is 6.61 Å². The summed E-state index contributed by atoms with van der Waals surface area (Å²) < 4.78 is 11.1. The molecule has 0 aromatic heterocycles. The van der Waals surface area contributed by atoms with Crippen molar-refractivity contribution in [3.63, 3.8) is 0 Å². The number of benzene rings is 1. The van der Waals surface area contributed by atoms with Crippen LogP contribution in [0, 0.1) is 11.3 Å². The molecule has 1 aliphatic rings. The van der Waals surface area contributed by atoms with Gasteiger partial charge in [-0.25, -0.2) is 0 Å². The molecule has 0 saturated carbocycles. The van der Waals surface area contributed by atoms with Crippen LogP contribution in [0.15, 0.2) is 16.6 Å². The van der Waals surface area contributed by atoms with Crippen LogP contribution in [0.4, 0.5) is 0 Å². The van der Waals surface area contributed by atoms with E-state index in [9.17, 15) is 0 Å². The molecule has 1 aromatic carbocycles. The maximum absolute atomic E-state index is 8.88. The van der Waals surface area contributed by atoms with Gasteiger partial charge >= 0.3 is 0 Å². The van der Waals surface area contributed by atoms with Crippen molar-refractivity contribution >= 4 is 15.9 Å². The molecule has 0 unspecified atom stereocenters. The van der Waals surface area contributed by atoms with Crippen LogP contribution >= 0.6 is 15.9 Å². The molecule has 0 bridgehead atoms. The molecule has 0 spiro atoms. The van der Waals surface area contributed by atoms with E-state index >= 15 is 0 Å². The predicted molar refractivity (Wildman–Crippen MR) is 49.1 cm³/mol. The largest absolute Gasteiger partial charge is 0.467 e. The van der Waals surface area contributed by atoms with Crippen molar-refractivity contribution in [2.24, 2.45) is 0 Å². The van der Waals surface area contributed by atoms with E-state index in [0.29, 0.717) is 12.2 Å². The van der Waals surface area contributed by atoms with Gasteiger partial charge in [0.15, 0.2) is 6.79 Å². The first kappa shape index (κ1) is 8.54.